The van der Waals surface area contributed by atoms with Gasteiger partial charge < -0.3 is 24.4 Å². The van der Waals surface area contributed by atoms with E-state index in [0.717, 1.165) is 59.7 Å². The van der Waals surface area contributed by atoms with E-state index in [0.29, 0.717) is 18.0 Å². The molecule has 1 amide bonds. The van der Waals surface area contributed by atoms with Gasteiger partial charge in [0.2, 0.25) is 5.91 Å². The minimum atomic E-state index is -0.0249. The number of piperidine rings is 1. The molecule has 0 spiro atoms. The number of anilines is 2. The van der Waals surface area contributed by atoms with Gasteiger partial charge in [-0.1, -0.05) is 17.3 Å². The first-order chi connectivity index (χ1) is 17.5. The number of ether oxygens (including phenoxy) is 1. The van der Waals surface area contributed by atoms with Crippen LogP contribution in [0.5, 0.6) is 5.75 Å². The van der Waals surface area contributed by atoms with E-state index in [-0.39, 0.29) is 11.8 Å². The van der Waals surface area contributed by atoms with Crippen molar-refractivity contribution in [2.75, 3.05) is 44.1 Å². The van der Waals surface area contributed by atoms with Gasteiger partial charge in [0.05, 0.1) is 7.11 Å². The predicted octanol–water partition coefficient (Wildman–Crippen LogP) is 3.89. The summed E-state index contributed by atoms with van der Waals surface area (Å²) < 4.78 is 10.8. The van der Waals surface area contributed by atoms with E-state index in [1.54, 1.807) is 7.11 Å². The molecule has 2 aromatic carbocycles. The van der Waals surface area contributed by atoms with Crippen molar-refractivity contribution in [3.63, 3.8) is 0 Å². The predicted molar refractivity (Wildman–Crippen MR) is 139 cm³/mol. The Bertz CT molecular complexity index is 1330. The molecule has 9 heteroatoms. The van der Waals surface area contributed by atoms with Crippen LogP contribution in [0.3, 0.4) is 0 Å². The van der Waals surface area contributed by atoms with Gasteiger partial charge >= 0.3 is 0 Å². The first kappa shape index (κ1) is 23.6. The van der Waals surface area contributed by atoms with E-state index >= 15 is 0 Å². The van der Waals surface area contributed by atoms with Crippen molar-refractivity contribution >= 4 is 28.5 Å². The van der Waals surface area contributed by atoms with Crippen LogP contribution < -0.4 is 19.9 Å². The SMILES string of the molecule is COc1ccc(-c2noc3ncnc(N4CCC(C(=O)NCc5ccc(N(C)C)cc5)CC4)c23)cc1. The van der Waals surface area contributed by atoms with Gasteiger partial charge in [0.25, 0.3) is 5.71 Å². The standard InChI is InChI=1S/C27H30N6O3/c1-32(2)21-8-4-18(5-9-21)16-28-26(34)20-12-14-33(15-13-20)25-23-24(31-36-27(23)30-17-29-25)19-6-10-22(35-3)11-7-19/h4-11,17,20H,12-16H2,1-3H3,(H,28,34). The molecule has 0 radical (unpaired) electrons. The van der Waals surface area contributed by atoms with Gasteiger partial charge in [-0.25, -0.2) is 4.98 Å². The molecule has 4 aromatic rings. The molecule has 0 aliphatic carbocycles. The van der Waals surface area contributed by atoms with Crippen molar-refractivity contribution in [3.8, 4) is 17.0 Å². The Morgan fingerprint density at radius 3 is 2.47 bits per heavy atom. The number of nitrogens with one attached hydrogen (secondary N) is 1. The molecule has 3 heterocycles. The average Bonchev–Trinajstić information content (AvgIpc) is 3.36. The largest absolute Gasteiger partial charge is 0.497 e. The number of aromatic nitrogens is 3. The Kier molecular flexibility index (Phi) is 6.71. The molecule has 9 nitrogen and oxygen atoms in total. The monoisotopic (exact) mass is 486 g/mol. The van der Waals surface area contributed by atoms with Crippen molar-refractivity contribution in [1.82, 2.24) is 20.4 Å². The third kappa shape index (κ3) is 4.82. The summed E-state index contributed by atoms with van der Waals surface area (Å²) in [6, 6.07) is 15.9. The zero-order valence-electron chi connectivity index (χ0n) is 20.8. The van der Waals surface area contributed by atoms with E-state index in [1.807, 2.05) is 38.4 Å². The van der Waals surface area contributed by atoms with E-state index in [9.17, 15) is 4.79 Å². The van der Waals surface area contributed by atoms with Gasteiger partial charge in [-0.2, -0.15) is 4.98 Å². The summed E-state index contributed by atoms with van der Waals surface area (Å²) >= 11 is 0. The van der Waals surface area contributed by atoms with Gasteiger partial charge in [-0.15, -0.1) is 0 Å². The van der Waals surface area contributed by atoms with Crippen LogP contribution in [0.4, 0.5) is 11.5 Å². The molecule has 0 unspecified atom stereocenters. The molecule has 36 heavy (non-hydrogen) atoms. The Labute approximate surface area is 210 Å². The molecule has 0 bridgehead atoms. The van der Waals surface area contributed by atoms with Crippen molar-refractivity contribution < 1.29 is 14.1 Å². The van der Waals surface area contributed by atoms with Gasteiger partial charge in [-0.3, -0.25) is 4.79 Å². The quantitative estimate of drug-likeness (QED) is 0.420. The Morgan fingerprint density at radius 2 is 1.81 bits per heavy atom. The summed E-state index contributed by atoms with van der Waals surface area (Å²) in [4.78, 5) is 25.9. The topological polar surface area (TPSA) is 96.6 Å². The maximum absolute atomic E-state index is 12.9. The fourth-order valence-corrected chi connectivity index (χ4v) is 4.56. The molecule has 0 saturated carbocycles. The Morgan fingerprint density at radius 1 is 1.08 bits per heavy atom. The number of fused-ring (bicyclic) bond motifs is 1. The van der Waals surface area contributed by atoms with Crippen LogP contribution in [0.15, 0.2) is 59.4 Å². The number of benzene rings is 2. The lowest BCUT2D eigenvalue weighted by atomic mass is 9.95. The summed E-state index contributed by atoms with van der Waals surface area (Å²) in [7, 11) is 5.66. The van der Waals surface area contributed by atoms with E-state index < -0.39 is 0 Å². The molecule has 5 rings (SSSR count). The number of amides is 1. The number of methoxy groups -OCH3 is 1. The lowest BCUT2D eigenvalue weighted by Gasteiger charge is -2.32. The lowest BCUT2D eigenvalue weighted by Crippen LogP contribution is -2.40. The average molecular weight is 487 g/mol. The number of rotatable bonds is 7. The molecule has 1 aliphatic rings. The van der Waals surface area contributed by atoms with Gasteiger partial charge in [0, 0.05) is 50.9 Å². The third-order valence-corrected chi connectivity index (χ3v) is 6.70. The maximum Gasteiger partial charge on any atom is 0.263 e. The molecule has 1 saturated heterocycles. The lowest BCUT2D eigenvalue weighted by molar-refractivity contribution is -0.125. The molecular formula is C27H30N6O3. The van der Waals surface area contributed by atoms with Crippen LogP contribution in [0.25, 0.3) is 22.4 Å². The number of hydrogen-bond donors (Lipinski definition) is 1. The molecule has 2 aromatic heterocycles. The molecule has 1 N–H and O–H groups in total. The summed E-state index contributed by atoms with van der Waals surface area (Å²) in [6.07, 6.45) is 3.00. The first-order valence-electron chi connectivity index (χ1n) is 12.1. The van der Waals surface area contributed by atoms with Crippen molar-refractivity contribution in [1.29, 1.82) is 0 Å². The van der Waals surface area contributed by atoms with Crippen LogP contribution in [0.2, 0.25) is 0 Å². The number of nitrogens with zero attached hydrogens (tertiary/aromatic N) is 5. The molecular weight excluding hydrogens is 456 g/mol. The van der Waals surface area contributed by atoms with Gasteiger partial charge in [0.15, 0.2) is 0 Å². The van der Waals surface area contributed by atoms with Crippen LogP contribution >= 0.6 is 0 Å². The minimum Gasteiger partial charge on any atom is -0.497 e. The van der Waals surface area contributed by atoms with Crippen molar-refractivity contribution in [2.24, 2.45) is 5.92 Å². The van der Waals surface area contributed by atoms with E-state index in [1.165, 1.54) is 6.33 Å². The minimum absolute atomic E-state index is 0.0249. The summed E-state index contributed by atoms with van der Waals surface area (Å²) in [5, 5.41) is 8.17. The highest BCUT2D eigenvalue weighted by Gasteiger charge is 2.28. The highest BCUT2D eigenvalue weighted by Crippen LogP contribution is 2.35. The fraction of sp³-hybridized carbons (Fsp3) is 0.333. The first-order valence-corrected chi connectivity index (χ1v) is 12.1. The van der Waals surface area contributed by atoms with Crippen LogP contribution in [-0.2, 0) is 11.3 Å². The van der Waals surface area contributed by atoms with Gasteiger partial charge in [0.1, 0.15) is 29.0 Å². The second-order valence-corrected chi connectivity index (χ2v) is 9.18. The fourth-order valence-electron chi connectivity index (χ4n) is 4.56. The highest BCUT2D eigenvalue weighted by molar-refractivity contribution is 5.98. The summed E-state index contributed by atoms with van der Waals surface area (Å²) in [6.45, 7) is 1.97. The Balaban J connectivity index is 1.25. The zero-order valence-corrected chi connectivity index (χ0v) is 20.8. The normalized spacial score (nSPS) is 14.1. The summed E-state index contributed by atoms with van der Waals surface area (Å²) in [5.41, 5.74) is 4.28. The van der Waals surface area contributed by atoms with Crippen LogP contribution in [0.1, 0.15) is 18.4 Å². The molecule has 1 aliphatic heterocycles. The van der Waals surface area contributed by atoms with Crippen LogP contribution in [0, 0.1) is 5.92 Å². The van der Waals surface area contributed by atoms with Crippen molar-refractivity contribution in [2.45, 2.75) is 19.4 Å². The molecule has 0 atom stereocenters. The van der Waals surface area contributed by atoms with E-state index in [4.69, 9.17) is 9.26 Å². The van der Waals surface area contributed by atoms with Crippen LogP contribution in [-0.4, -0.2) is 55.3 Å². The smallest absolute Gasteiger partial charge is 0.263 e. The van der Waals surface area contributed by atoms with Crippen molar-refractivity contribution in [3.05, 3.63) is 60.4 Å². The molecule has 1 fully saturated rings. The second-order valence-electron chi connectivity index (χ2n) is 9.18. The second kappa shape index (κ2) is 10.2. The van der Waals surface area contributed by atoms with E-state index in [2.05, 4.69) is 54.5 Å². The third-order valence-electron chi connectivity index (χ3n) is 6.70. The number of hydrogen-bond acceptors (Lipinski definition) is 8. The number of carbonyl (C=O) groups excluding carboxylic acids is 1. The Hall–Kier alpha value is -4.14. The zero-order chi connectivity index (χ0) is 25.1. The number of carbonyl (C=O) groups is 1. The van der Waals surface area contributed by atoms with Gasteiger partial charge in [-0.05, 0) is 54.8 Å². The highest BCUT2D eigenvalue weighted by atomic mass is 16.5. The molecule has 186 valence electrons. The summed E-state index contributed by atoms with van der Waals surface area (Å²) in [5.74, 6) is 1.63. The maximum atomic E-state index is 12.9.